The lowest BCUT2D eigenvalue weighted by atomic mass is 9.82. The predicted molar refractivity (Wildman–Crippen MR) is 82.2 cm³/mol. The van der Waals surface area contributed by atoms with Crippen molar-refractivity contribution in [2.75, 3.05) is 13.1 Å². The molecule has 1 fully saturated rings. The van der Waals surface area contributed by atoms with E-state index in [-0.39, 0.29) is 5.54 Å². The monoisotopic (exact) mass is 260 g/mol. The Kier molecular flexibility index (Phi) is 4.03. The Morgan fingerprint density at radius 2 is 1.84 bits per heavy atom. The topological polar surface area (TPSA) is 15.3 Å². The van der Waals surface area contributed by atoms with E-state index in [1.54, 1.807) is 0 Å². The highest BCUT2D eigenvalue weighted by Gasteiger charge is 2.38. The van der Waals surface area contributed by atoms with Gasteiger partial charge in [-0.1, -0.05) is 51.1 Å². The highest BCUT2D eigenvalue weighted by molar-refractivity contribution is 5.15. The molecule has 1 heterocycles. The van der Waals surface area contributed by atoms with Gasteiger partial charge in [0, 0.05) is 31.2 Å². The van der Waals surface area contributed by atoms with Crippen molar-refractivity contribution in [3.8, 4) is 0 Å². The number of hydrogen-bond donors (Lipinski definition) is 1. The predicted octanol–water partition coefficient (Wildman–Crippen LogP) is 3.29. The lowest BCUT2D eigenvalue weighted by Crippen LogP contribution is -2.64. The van der Waals surface area contributed by atoms with E-state index in [2.05, 4.69) is 75.2 Å². The van der Waals surface area contributed by atoms with Crippen LogP contribution in [0.5, 0.6) is 0 Å². The largest absolute Gasteiger partial charge is 0.309 e. The molecule has 1 aromatic rings. The Labute approximate surface area is 118 Å². The average Bonchev–Trinajstić information content (AvgIpc) is 2.27. The molecule has 0 bridgehead atoms. The van der Waals surface area contributed by atoms with E-state index in [1.165, 1.54) is 5.56 Å². The number of piperazine rings is 1. The molecule has 0 radical (unpaired) electrons. The first kappa shape index (κ1) is 14.5. The van der Waals surface area contributed by atoms with E-state index >= 15 is 0 Å². The molecule has 1 aromatic carbocycles. The molecule has 106 valence electrons. The zero-order valence-corrected chi connectivity index (χ0v) is 13.0. The number of nitrogens with zero attached hydrogens (tertiary/aromatic N) is 1. The molecule has 0 aromatic heterocycles. The van der Waals surface area contributed by atoms with E-state index < -0.39 is 0 Å². The van der Waals surface area contributed by atoms with Crippen LogP contribution in [-0.4, -0.2) is 29.6 Å². The second-order valence-electron chi connectivity index (χ2n) is 7.54. The second-order valence-corrected chi connectivity index (χ2v) is 7.54. The van der Waals surface area contributed by atoms with Crippen LogP contribution in [0.15, 0.2) is 30.3 Å². The molecule has 2 heteroatoms. The normalized spacial score (nSPS) is 24.4. The third-order valence-corrected chi connectivity index (χ3v) is 4.04. The zero-order chi connectivity index (χ0) is 14.1. The zero-order valence-electron chi connectivity index (χ0n) is 13.0. The van der Waals surface area contributed by atoms with Gasteiger partial charge in [0.2, 0.25) is 0 Å². The molecule has 1 aliphatic heterocycles. The third kappa shape index (κ3) is 3.80. The Balaban J connectivity index is 2.16. The molecule has 1 unspecified atom stereocenters. The summed E-state index contributed by atoms with van der Waals surface area (Å²) in [5, 5.41) is 3.69. The van der Waals surface area contributed by atoms with Crippen molar-refractivity contribution in [2.24, 2.45) is 5.41 Å². The van der Waals surface area contributed by atoms with Gasteiger partial charge in [-0.3, -0.25) is 4.90 Å². The summed E-state index contributed by atoms with van der Waals surface area (Å²) >= 11 is 0. The summed E-state index contributed by atoms with van der Waals surface area (Å²) in [6.07, 6.45) is 0. The average molecular weight is 260 g/mol. The highest BCUT2D eigenvalue weighted by Crippen LogP contribution is 2.29. The molecular formula is C17H28N2. The summed E-state index contributed by atoms with van der Waals surface area (Å²) in [5.74, 6) is 0. The van der Waals surface area contributed by atoms with E-state index in [9.17, 15) is 0 Å². The Hall–Kier alpha value is -0.860. The molecule has 1 saturated heterocycles. The van der Waals surface area contributed by atoms with Crippen molar-refractivity contribution >= 4 is 0 Å². The van der Waals surface area contributed by atoms with Gasteiger partial charge in [0.05, 0.1) is 0 Å². The van der Waals surface area contributed by atoms with Gasteiger partial charge >= 0.3 is 0 Å². The van der Waals surface area contributed by atoms with Crippen molar-refractivity contribution in [1.29, 1.82) is 0 Å². The maximum atomic E-state index is 3.69. The minimum atomic E-state index is 0.205. The lowest BCUT2D eigenvalue weighted by Gasteiger charge is -2.49. The summed E-state index contributed by atoms with van der Waals surface area (Å²) in [6, 6.07) is 11.4. The van der Waals surface area contributed by atoms with Crippen LogP contribution in [0.1, 0.15) is 40.2 Å². The first-order chi connectivity index (χ1) is 8.78. The number of nitrogens with one attached hydrogen (secondary N) is 1. The molecule has 19 heavy (non-hydrogen) atoms. The first-order valence-corrected chi connectivity index (χ1v) is 7.31. The molecule has 2 nitrogen and oxygen atoms in total. The summed E-state index contributed by atoms with van der Waals surface area (Å²) in [5.41, 5.74) is 1.92. The number of hydrogen-bond acceptors (Lipinski definition) is 2. The van der Waals surface area contributed by atoms with Gasteiger partial charge < -0.3 is 5.32 Å². The van der Waals surface area contributed by atoms with Crippen molar-refractivity contribution in [1.82, 2.24) is 10.2 Å². The van der Waals surface area contributed by atoms with Crippen molar-refractivity contribution in [3.63, 3.8) is 0 Å². The van der Waals surface area contributed by atoms with E-state index in [4.69, 9.17) is 0 Å². The van der Waals surface area contributed by atoms with Gasteiger partial charge in [-0.2, -0.15) is 0 Å². The van der Waals surface area contributed by atoms with Gasteiger partial charge in [-0.15, -0.1) is 0 Å². The van der Waals surface area contributed by atoms with Crippen molar-refractivity contribution in [3.05, 3.63) is 35.9 Å². The maximum Gasteiger partial charge on any atom is 0.0273 e. The quantitative estimate of drug-likeness (QED) is 0.878. The molecule has 1 atom stereocenters. The molecular weight excluding hydrogens is 232 g/mol. The van der Waals surface area contributed by atoms with E-state index in [0.29, 0.717) is 11.5 Å². The molecule has 1 N–H and O–H groups in total. The molecule has 0 amide bonds. The second kappa shape index (κ2) is 5.26. The number of rotatable bonds is 2. The van der Waals surface area contributed by atoms with Crippen LogP contribution in [0.3, 0.4) is 0 Å². The summed E-state index contributed by atoms with van der Waals surface area (Å²) in [4.78, 5) is 2.64. The fourth-order valence-corrected chi connectivity index (χ4v) is 3.01. The van der Waals surface area contributed by atoms with Crippen LogP contribution in [0.25, 0.3) is 0 Å². The smallest absolute Gasteiger partial charge is 0.0273 e. The van der Waals surface area contributed by atoms with Gasteiger partial charge in [0.25, 0.3) is 0 Å². The highest BCUT2D eigenvalue weighted by atomic mass is 15.3. The van der Waals surface area contributed by atoms with Crippen molar-refractivity contribution in [2.45, 2.75) is 52.7 Å². The summed E-state index contributed by atoms with van der Waals surface area (Å²) in [7, 11) is 0. The minimum absolute atomic E-state index is 0.205. The molecule has 0 saturated carbocycles. The molecule has 1 aliphatic rings. The molecule has 0 spiro atoms. The molecule has 2 rings (SSSR count). The van der Waals surface area contributed by atoms with Gasteiger partial charge in [-0.05, 0) is 24.8 Å². The summed E-state index contributed by atoms with van der Waals surface area (Å²) < 4.78 is 0. The minimum Gasteiger partial charge on any atom is -0.309 e. The molecule has 0 aliphatic carbocycles. The standard InChI is InChI=1S/C17H28N2/c1-16(2,3)15-11-18-17(4,5)13-19(15)12-14-9-7-6-8-10-14/h6-10,15,18H,11-13H2,1-5H3. The van der Waals surface area contributed by atoms with Gasteiger partial charge in [-0.25, -0.2) is 0 Å². The van der Waals surface area contributed by atoms with E-state index in [1.807, 2.05) is 0 Å². The summed E-state index contributed by atoms with van der Waals surface area (Å²) in [6.45, 7) is 14.8. The fraction of sp³-hybridized carbons (Fsp3) is 0.647. The maximum absolute atomic E-state index is 3.69. The Morgan fingerprint density at radius 1 is 1.21 bits per heavy atom. The van der Waals surface area contributed by atoms with Crippen LogP contribution in [0.2, 0.25) is 0 Å². The lowest BCUT2D eigenvalue weighted by molar-refractivity contribution is 0.0272. The van der Waals surface area contributed by atoms with Crippen LogP contribution < -0.4 is 5.32 Å². The first-order valence-electron chi connectivity index (χ1n) is 7.31. The van der Waals surface area contributed by atoms with E-state index in [0.717, 1.165) is 19.6 Å². The van der Waals surface area contributed by atoms with Gasteiger partial charge in [0.1, 0.15) is 0 Å². The SMILES string of the molecule is CC1(C)CN(Cc2ccccc2)C(C(C)(C)C)CN1. The van der Waals surface area contributed by atoms with Crippen LogP contribution >= 0.6 is 0 Å². The van der Waals surface area contributed by atoms with Crippen LogP contribution in [-0.2, 0) is 6.54 Å². The van der Waals surface area contributed by atoms with Crippen LogP contribution in [0.4, 0.5) is 0 Å². The van der Waals surface area contributed by atoms with Crippen molar-refractivity contribution < 1.29 is 0 Å². The fourth-order valence-electron chi connectivity index (χ4n) is 3.01. The Bertz CT molecular complexity index is 403. The van der Waals surface area contributed by atoms with Crippen LogP contribution in [0, 0.1) is 5.41 Å². The number of benzene rings is 1. The van der Waals surface area contributed by atoms with Gasteiger partial charge in [0.15, 0.2) is 0 Å². The third-order valence-electron chi connectivity index (χ3n) is 4.04. The Morgan fingerprint density at radius 3 is 2.42 bits per heavy atom.